The Kier molecular flexibility index (Phi) is 2.23. The van der Waals surface area contributed by atoms with E-state index in [0.717, 1.165) is 17.4 Å². The fourth-order valence-corrected chi connectivity index (χ4v) is 3.67. The van der Waals surface area contributed by atoms with Crippen molar-refractivity contribution in [2.24, 2.45) is 17.6 Å². The molecular weight excluding hydrogens is 198 g/mol. The van der Waals surface area contributed by atoms with Gasteiger partial charge in [-0.15, -0.1) is 0 Å². The molecule has 2 aliphatic rings. The van der Waals surface area contributed by atoms with E-state index >= 15 is 0 Å². The van der Waals surface area contributed by atoms with Crippen molar-refractivity contribution in [1.29, 1.82) is 0 Å². The topological polar surface area (TPSA) is 43.1 Å². The highest BCUT2D eigenvalue weighted by atomic mass is 16.1. The lowest BCUT2D eigenvalue weighted by atomic mass is 9.81. The molecule has 2 fully saturated rings. The molecule has 0 heterocycles. The first-order valence-electron chi connectivity index (χ1n) is 6.14. The number of amides is 1. The molecule has 0 spiro atoms. The van der Waals surface area contributed by atoms with Crippen molar-refractivity contribution < 1.29 is 4.79 Å². The van der Waals surface area contributed by atoms with Crippen molar-refractivity contribution in [2.45, 2.75) is 31.6 Å². The van der Waals surface area contributed by atoms with Gasteiger partial charge in [0.1, 0.15) is 0 Å². The molecule has 3 rings (SSSR count). The molecule has 2 N–H and O–H groups in total. The standard InChI is InChI=1S/C14H17NO/c15-14(16)12-4-2-1-3-11(12)13-8-9-5-6-10(13)7-9/h1-4,9-10,13H,5-8H2,(H2,15,16). The summed E-state index contributed by atoms with van der Waals surface area (Å²) in [5.41, 5.74) is 7.37. The molecule has 1 aromatic rings. The number of nitrogens with two attached hydrogens (primary N) is 1. The predicted octanol–water partition coefficient (Wildman–Crippen LogP) is 2.69. The second kappa shape index (κ2) is 3.62. The van der Waals surface area contributed by atoms with Crippen LogP contribution in [0.1, 0.15) is 47.5 Å². The Morgan fingerprint density at radius 3 is 2.62 bits per heavy atom. The van der Waals surface area contributed by atoms with Crippen LogP contribution in [0.5, 0.6) is 0 Å². The Hall–Kier alpha value is -1.31. The molecule has 2 aliphatic carbocycles. The van der Waals surface area contributed by atoms with E-state index in [1.165, 1.54) is 31.2 Å². The van der Waals surface area contributed by atoms with Gasteiger partial charge in [0, 0.05) is 5.56 Å². The lowest BCUT2D eigenvalue weighted by Crippen LogP contribution is -2.18. The van der Waals surface area contributed by atoms with Gasteiger partial charge >= 0.3 is 0 Å². The summed E-state index contributed by atoms with van der Waals surface area (Å²) in [6, 6.07) is 7.87. The van der Waals surface area contributed by atoms with Crippen LogP contribution in [-0.2, 0) is 0 Å². The van der Waals surface area contributed by atoms with Gasteiger partial charge in [0.25, 0.3) is 0 Å². The summed E-state index contributed by atoms with van der Waals surface area (Å²) < 4.78 is 0. The van der Waals surface area contributed by atoms with Crippen LogP contribution in [0, 0.1) is 11.8 Å². The molecule has 16 heavy (non-hydrogen) atoms. The molecule has 2 heteroatoms. The second-order valence-corrected chi connectivity index (χ2v) is 5.23. The lowest BCUT2D eigenvalue weighted by molar-refractivity contribution is 0.0998. The van der Waals surface area contributed by atoms with Crippen LogP contribution in [0.3, 0.4) is 0 Å². The molecule has 3 unspecified atom stereocenters. The first-order valence-corrected chi connectivity index (χ1v) is 6.14. The highest BCUT2D eigenvalue weighted by Gasteiger charge is 2.40. The van der Waals surface area contributed by atoms with Crippen molar-refractivity contribution >= 4 is 5.91 Å². The summed E-state index contributed by atoms with van der Waals surface area (Å²) in [5, 5.41) is 0. The van der Waals surface area contributed by atoms with Crippen LogP contribution >= 0.6 is 0 Å². The summed E-state index contributed by atoms with van der Waals surface area (Å²) in [4.78, 5) is 11.4. The van der Waals surface area contributed by atoms with E-state index in [0.29, 0.717) is 5.92 Å². The Labute approximate surface area is 95.8 Å². The summed E-state index contributed by atoms with van der Waals surface area (Å²) in [7, 11) is 0. The number of hydrogen-bond donors (Lipinski definition) is 1. The normalized spacial score (nSPS) is 31.9. The van der Waals surface area contributed by atoms with E-state index in [4.69, 9.17) is 5.73 Å². The van der Waals surface area contributed by atoms with Crippen molar-refractivity contribution in [3.63, 3.8) is 0 Å². The number of rotatable bonds is 2. The van der Waals surface area contributed by atoms with Crippen LogP contribution in [0.15, 0.2) is 24.3 Å². The minimum Gasteiger partial charge on any atom is -0.366 e. The largest absolute Gasteiger partial charge is 0.366 e. The highest BCUT2D eigenvalue weighted by molar-refractivity contribution is 5.94. The molecule has 0 radical (unpaired) electrons. The lowest BCUT2D eigenvalue weighted by Gasteiger charge is -2.23. The minimum atomic E-state index is -0.279. The summed E-state index contributed by atoms with van der Waals surface area (Å²) in [5.74, 6) is 2.00. The Balaban J connectivity index is 1.97. The van der Waals surface area contributed by atoms with Gasteiger partial charge in [0.15, 0.2) is 0 Å². The average Bonchev–Trinajstić information content (AvgIpc) is 2.90. The SMILES string of the molecule is NC(=O)c1ccccc1C1CC2CCC1C2. The van der Waals surface area contributed by atoms with Gasteiger partial charge in [0.2, 0.25) is 5.91 Å². The van der Waals surface area contributed by atoms with Crippen LogP contribution < -0.4 is 5.73 Å². The zero-order valence-corrected chi connectivity index (χ0v) is 9.36. The van der Waals surface area contributed by atoms with E-state index in [1.807, 2.05) is 18.2 Å². The van der Waals surface area contributed by atoms with Gasteiger partial charge in [-0.1, -0.05) is 24.6 Å². The van der Waals surface area contributed by atoms with Crippen molar-refractivity contribution in [2.75, 3.05) is 0 Å². The molecule has 0 aliphatic heterocycles. The summed E-state index contributed by atoms with van der Waals surface area (Å²) >= 11 is 0. The smallest absolute Gasteiger partial charge is 0.248 e. The van der Waals surface area contributed by atoms with Crippen molar-refractivity contribution in [1.82, 2.24) is 0 Å². The zero-order valence-electron chi connectivity index (χ0n) is 9.36. The Morgan fingerprint density at radius 1 is 1.19 bits per heavy atom. The van der Waals surface area contributed by atoms with E-state index < -0.39 is 0 Å². The van der Waals surface area contributed by atoms with Gasteiger partial charge in [-0.2, -0.15) is 0 Å². The predicted molar refractivity (Wildman–Crippen MR) is 63.1 cm³/mol. The first kappa shape index (κ1) is 9.88. The molecule has 2 nitrogen and oxygen atoms in total. The molecule has 3 atom stereocenters. The van der Waals surface area contributed by atoms with Crippen molar-refractivity contribution in [3.05, 3.63) is 35.4 Å². The van der Waals surface area contributed by atoms with E-state index in [2.05, 4.69) is 6.07 Å². The van der Waals surface area contributed by atoms with Crippen LogP contribution in [0.2, 0.25) is 0 Å². The van der Waals surface area contributed by atoms with Crippen LogP contribution in [0.25, 0.3) is 0 Å². The maximum absolute atomic E-state index is 11.4. The number of carbonyl (C=O) groups is 1. The average molecular weight is 215 g/mol. The molecule has 1 aromatic carbocycles. The van der Waals surface area contributed by atoms with Gasteiger partial charge in [-0.25, -0.2) is 0 Å². The third-order valence-electron chi connectivity index (χ3n) is 4.36. The molecule has 84 valence electrons. The van der Waals surface area contributed by atoms with Gasteiger partial charge in [-0.3, -0.25) is 4.79 Å². The number of benzene rings is 1. The molecule has 0 aromatic heterocycles. The third-order valence-corrected chi connectivity index (χ3v) is 4.36. The maximum atomic E-state index is 11.4. The summed E-state index contributed by atoms with van der Waals surface area (Å²) in [6.45, 7) is 0. The number of hydrogen-bond acceptors (Lipinski definition) is 1. The van der Waals surface area contributed by atoms with Crippen molar-refractivity contribution in [3.8, 4) is 0 Å². The second-order valence-electron chi connectivity index (χ2n) is 5.23. The maximum Gasteiger partial charge on any atom is 0.248 e. The highest BCUT2D eigenvalue weighted by Crippen LogP contribution is 2.53. The van der Waals surface area contributed by atoms with Crippen LogP contribution in [-0.4, -0.2) is 5.91 Å². The fraction of sp³-hybridized carbons (Fsp3) is 0.500. The quantitative estimate of drug-likeness (QED) is 0.809. The monoisotopic (exact) mass is 215 g/mol. The Morgan fingerprint density at radius 2 is 2.00 bits per heavy atom. The molecule has 1 amide bonds. The summed E-state index contributed by atoms with van der Waals surface area (Å²) in [6.07, 6.45) is 5.34. The Bertz CT molecular complexity index is 426. The zero-order chi connectivity index (χ0) is 11.1. The van der Waals surface area contributed by atoms with E-state index in [1.54, 1.807) is 0 Å². The number of carbonyl (C=O) groups excluding carboxylic acids is 1. The molecular formula is C14H17NO. The van der Waals surface area contributed by atoms with E-state index in [9.17, 15) is 4.79 Å². The van der Waals surface area contributed by atoms with Gasteiger partial charge < -0.3 is 5.73 Å². The number of fused-ring (bicyclic) bond motifs is 2. The third kappa shape index (κ3) is 1.44. The number of primary amides is 1. The molecule has 2 bridgehead atoms. The fourth-order valence-electron chi connectivity index (χ4n) is 3.67. The molecule has 2 saturated carbocycles. The van der Waals surface area contributed by atoms with Crippen LogP contribution in [0.4, 0.5) is 0 Å². The molecule has 0 saturated heterocycles. The van der Waals surface area contributed by atoms with Gasteiger partial charge in [-0.05, 0) is 48.6 Å². The minimum absolute atomic E-state index is 0.279. The first-order chi connectivity index (χ1) is 7.75. The van der Waals surface area contributed by atoms with E-state index in [-0.39, 0.29) is 5.91 Å². The van der Waals surface area contributed by atoms with Gasteiger partial charge in [0.05, 0.1) is 0 Å².